The van der Waals surface area contributed by atoms with Crippen molar-refractivity contribution in [1.82, 2.24) is 5.32 Å². The van der Waals surface area contributed by atoms with Crippen LogP contribution in [0, 0.1) is 0 Å². The molecule has 5 heteroatoms. The zero-order valence-corrected chi connectivity index (χ0v) is 13.7. The highest BCUT2D eigenvalue weighted by Crippen LogP contribution is 2.27. The highest BCUT2D eigenvalue weighted by molar-refractivity contribution is 9.10. The molecule has 0 fully saturated rings. The van der Waals surface area contributed by atoms with Gasteiger partial charge in [0.1, 0.15) is 5.75 Å². The fourth-order valence-electron chi connectivity index (χ4n) is 1.72. The predicted octanol–water partition coefficient (Wildman–Crippen LogP) is 3.58. The molecule has 1 unspecified atom stereocenters. The lowest BCUT2D eigenvalue weighted by Gasteiger charge is -2.16. The van der Waals surface area contributed by atoms with E-state index in [4.69, 9.17) is 9.84 Å². The normalized spacial score (nSPS) is 12.4. The Morgan fingerprint density at radius 1 is 1.45 bits per heavy atom. The van der Waals surface area contributed by atoms with E-state index in [-0.39, 0.29) is 0 Å². The van der Waals surface area contributed by atoms with E-state index in [9.17, 15) is 4.79 Å². The third-order valence-corrected chi connectivity index (χ3v) is 3.43. The van der Waals surface area contributed by atoms with Crippen molar-refractivity contribution in [3.8, 4) is 5.75 Å². The van der Waals surface area contributed by atoms with Crippen molar-refractivity contribution in [1.29, 1.82) is 0 Å². The minimum absolute atomic E-state index is 0.422. The van der Waals surface area contributed by atoms with Crippen LogP contribution in [-0.2, 0) is 11.3 Å². The molecule has 4 nitrogen and oxygen atoms in total. The van der Waals surface area contributed by atoms with Gasteiger partial charge < -0.3 is 15.2 Å². The van der Waals surface area contributed by atoms with Gasteiger partial charge in [-0.05, 0) is 40.0 Å². The Morgan fingerprint density at radius 3 is 2.65 bits per heavy atom. The van der Waals surface area contributed by atoms with Crippen LogP contribution >= 0.6 is 15.9 Å². The fourth-order valence-corrected chi connectivity index (χ4v) is 2.24. The highest BCUT2D eigenvalue weighted by Gasteiger charge is 2.19. The van der Waals surface area contributed by atoms with E-state index >= 15 is 0 Å². The van der Waals surface area contributed by atoms with Gasteiger partial charge in [0.2, 0.25) is 0 Å². The van der Waals surface area contributed by atoms with E-state index in [1.807, 2.05) is 25.1 Å². The Balaban J connectivity index is 2.74. The topological polar surface area (TPSA) is 58.6 Å². The third-order valence-electron chi connectivity index (χ3n) is 2.81. The van der Waals surface area contributed by atoms with Gasteiger partial charge in [0.25, 0.3) is 0 Å². The molecule has 2 N–H and O–H groups in total. The number of nitrogens with one attached hydrogen (secondary N) is 1. The fraction of sp³-hybridized carbons (Fsp3) is 0.533. The first-order valence-electron chi connectivity index (χ1n) is 6.85. The van der Waals surface area contributed by atoms with Crippen molar-refractivity contribution < 1.29 is 14.6 Å². The minimum atomic E-state index is -0.927. The van der Waals surface area contributed by atoms with Crippen LogP contribution in [0.5, 0.6) is 5.75 Å². The van der Waals surface area contributed by atoms with E-state index in [1.54, 1.807) is 0 Å². The van der Waals surface area contributed by atoms with Gasteiger partial charge in [-0.1, -0.05) is 33.3 Å². The van der Waals surface area contributed by atoms with Crippen molar-refractivity contribution >= 4 is 21.9 Å². The maximum atomic E-state index is 11.1. The molecular formula is C15H22BrNO3. The zero-order valence-electron chi connectivity index (χ0n) is 12.1. The summed E-state index contributed by atoms with van der Waals surface area (Å²) in [6.07, 6.45) is 0.472. The minimum Gasteiger partial charge on any atom is -0.479 e. The first-order chi connectivity index (χ1) is 9.43. The van der Waals surface area contributed by atoms with Gasteiger partial charge in [-0.15, -0.1) is 0 Å². The van der Waals surface area contributed by atoms with Crippen LogP contribution < -0.4 is 10.1 Å². The second-order valence-electron chi connectivity index (χ2n) is 5.03. The lowest BCUT2D eigenvalue weighted by atomic mass is 10.2. The predicted molar refractivity (Wildman–Crippen MR) is 83.1 cm³/mol. The van der Waals surface area contributed by atoms with Crippen LogP contribution in [0.1, 0.15) is 39.2 Å². The number of carboxylic acids is 1. The van der Waals surface area contributed by atoms with E-state index in [0.717, 1.165) is 23.0 Å². The van der Waals surface area contributed by atoms with E-state index in [0.29, 0.717) is 18.2 Å². The van der Waals surface area contributed by atoms with Gasteiger partial charge in [0.15, 0.2) is 6.10 Å². The molecule has 0 radical (unpaired) electrons. The first kappa shape index (κ1) is 17.0. The van der Waals surface area contributed by atoms with Crippen LogP contribution in [0.25, 0.3) is 0 Å². The Bertz CT molecular complexity index is 449. The molecule has 20 heavy (non-hydrogen) atoms. The summed E-state index contributed by atoms with van der Waals surface area (Å²) in [5.74, 6) is -0.358. The van der Waals surface area contributed by atoms with Gasteiger partial charge in [0, 0.05) is 12.6 Å². The summed E-state index contributed by atoms with van der Waals surface area (Å²) < 4.78 is 6.34. The molecule has 0 spiro atoms. The number of ether oxygens (including phenoxy) is 1. The standard InChI is InChI=1S/C15H22BrNO3/c1-4-5-14(15(18)19)20-13-7-6-11(8-12(13)16)9-17-10(2)3/h6-8,10,14,17H,4-5,9H2,1-3H3,(H,18,19). The molecule has 0 aliphatic heterocycles. The number of carboxylic acid groups (broad SMARTS) is 1. The maximum absolute atomic E-state index is 11.1. The summed E-state index contributed by atoms with van der Waals surface area (Å²) in [4.78, 5) is 11.1. The lowest BCUT2D eigenvalue weighted by molar-refractivity contribution is -0.145. The summed E-state index contributed by atoms with van der Waals surface area (Å²) in [5.41, 5.74) is 1.13. The number of rotatable bonds is 8. The molecular weight excluding hydrogens is 322 g/mol. The summed E-state index contributed by atoms with van der Waals surface area (Å²) >= 11 is 3.44. The maximum Gasteiger partial charge on any atom is 0.344 e. The van der Waals surface area contributed by atoms with Gasteiger partial charge in [-0.25, -0.2) is 4.79 Å². The quantitative estimate of drug-likeness (QED) is 0.757. The van der Waals surface area contributed by atoms with Crippen molar-refractivity contribution in [2.45, 2.75) is 52.3 Å². The number of hydrogen-bond donors (Lipinski definition) is 2. The third kappa shape index (κ3) is 5.51. The average Bonchev–Trinajstić information content (AvgIpc) is 2.38. The summed E-state index contributed by atoms with van der Waals surface area (Å²) in [7, 11) is 0. The molecule has 0 saturated heterocycles. The van der Waals surface area contributed by atoms with Crippen molar-refractivity contribution in [3.63, 3.8) is 0 Å². The van der Waals surface area contributed by atoms with Crippen LogP contribution in [-0.4, -0.2) is 23.2 Å². The molecule has 0 saturated carbocycles. The van der Waals surface area contributed by atoms with Crippen LogP contribution in [0.15, 0.2) is 22.7 Å². The van der Waals surface area contributed by atoms with Crippen LogP contribution in [0.3, 0.4) is 0 Å². The number of halogens is 1. The number of benzene rings is 1. The van der Waals surface area contributed by atoms with Crippen molar-refractivity contribution in [2.75, 3.05) is 0 Å². The average molecular weight is 344 g/mol. The smallest absolute Gasteiger partial charge is 0.344 e. The van der Waals surface area contributed by atoms with E-state index < -0.39 is 12.1 Å². The number of hydrogen-bond acceptors (Lipinski definition) is 3. The first-order valence-corrected chi connectivity index (χ1v) is 7.64. The van der Waals surface area contributed by atoms with Crippen LogP contribution in [0.4, 0.5) is 0 Å². The molecule has 0 heterocycles. The van der Waals surface area contributed by atoms with Gasteiger partial charge >= 0.3 is 5.97 Å². The number of aliphatic carboxylic acids is 1. The zero-order chi connectivity index (χ0) is 15.1. The second kappa shape index (κ2) is 8.27. The SMILES string of the molecule is CCCC(Oc1ccc(CNC(C)C)cc1Br)C(=O)O. The molecule has 1 rings (SSSR count). The summed E-state index contributed by atoms with van der Waals surface area (Å²) in [6, 6.07) is 6.13. The number of carbonyl (C=O) groups is 1. The molecule has 1 aromatic carbocycles. The van der Waals surface area contributed by atoms with Crippen molar-refractivity contribution in [3.05, 3.63) is 28.2 Å². The molecule has 112 valence electrons. The van der Waals surface area contributed by atoms with E-state index in [1.165, 1.54) is 0 Å². The van der Waals surface area contributed by atoms with E-state index in [2.05, 4.69) is 35.1 Å². The lowest BCUT2D eigenvalue weighted by Crippen LogP contribution is -2.27. The van der Waals surface area contributed by atoms with Crippen molar-refractivity contribution in [2.24, 2.45) is 0 Å². The Labute approximate surface area is 128 Å². The largest absolute Gasteiger partial charge is 0.479 e. The summed E-state index contributed by atoms with van der Waals surface area (Å²) in [5, 5.41) is 12.4. The molecule has 1 aromatic rings. The van der Waals surface area contributed by atoms with Gasteiger partial charge in [-0.2, -0.15) is 0 Å². The monoisotopic (exact) mass is 343 g/mol. The molecule has 0 bridgehead atoms. The Hall–Kier alpha value is -1.07. The Kier molecular flexibility index (Phi) is 7.02. The molecule has 0 aliphatic carbocycles. The Morgan fingerprint density at radius 2 is 2.15 bits per heavy atom. The summed E-state index contributed by atoms with van der Waals surface area (Å²) in [6.45, 7) is 6.90. The molecule has 0 aromatic heterocycles. The highest BCUT2D eigenvalue weighted by atomic mass is 79.9. The van der Waals surface area contributed by atoms with Gasteiger partial charge in [-0.3, -0.25) is 0 Å². The molecule has 0 aliphatic rings. The van der Waals surface area contributed by atoms with Crippen LogP contribution in [0.2, 0.25) is 0 Å². The molecule has 0 amide bonds. The van der Waals surface area contributed by atoms with Gasteiger partial charge in [0.05, 0.1) is 4.47 Å². The second-order valence-corrected chi connectivity index (χ2v) is 5.89. The molecule has 1 atom stereocenters.